The molecule has 0 fully saturated rings. The lowest BCUT2D eigenvalue weighted by molar-refractivity contribution is 0.404. The molecule has 0 atom stereocenters. The minimum atomic E-state index is -1.06. The molecule has 1 N–H and O–H groups in total. The van der Waals surface area contributed by atoms with E-state index in [1.807, 2.05) is 6.92 Å². The van der Waals surface area contributed by atoms with E-state index in [2.05, 4.69) is 31.2 Å². The summed E-state index contributed by atoms with van der Waals surface area (Å²) in [4.78, 5) is 8.31. The van der Waals surface area contributed by atoms with Crippen molar-refractivity contribution in [1.82, 2.24) is 9.97 Å². The van der Waals surface area contributed by atoms with Gasteiger partial charge in [-0.25, -0.2) is 9.37 Å². The molecule has 1 heterocycles. The van der Waals surface area contributed by atoms with Crippen molar-refractivity contribution in [3.63, 3.8) is 0 Å². The monoisotopic (exact) mass is 357 g/mol. The first-order valence-electron chi connectivity index (χ1n) is 6.41. The van der Waals surface area contributed by atoms with Gasteiger partial charge in [0.1, 0.15) is 0 Å². The van der Waals surface area contributed by atoms with Crippen molar-refractivity contribution in [2.24, 2.45) is 0 Å². The van der Waals surface area contributed by atoms with Crippen LogP contribution in [0.2, 0.25) is 0 Å². The average molecular weight is 358 g/mol. The van der Waals surface area contributed by atoms with E-state index in [1.54, 1.807) is 13.0 Å². The molecule has 0 aliphatic heterocycles. The van der Waals surface area contributed by atoms with Crippen molar-refractivity contribution in [2.45, 2.75) is 20.3 Å². The van der Waals surface area contributed by atoms with Crippen LogP contribution in [0.4, 0.5) is 14.7 Å². The number of aryl methyl sites for hydroxylation is 1. The van der Waals surface area contributed by atoms with E-state index < -0.39 is 11.6 Å². The molecule has 4 nitrogen and oxygen atoms in total. The van der Waals surface area contributed by atoms with Crippen molar-refractivity contribution in [1.29, 1.82) is 0 Å². The third kappa shape index (κ3) is 4.10. The molecule has 0 bridgehead atoms. The summed E-state index contributed by atoms with van der Waals surface area (Å²) in [6.45, 7) is 4.49. The van der Waals surface area contributed by atoms with Crippen molar-refractivity contribution in [2.75, 3.05) is 11.9 Å². The second-order valence-corrected chi connectivity index (χ2v) is 5.32. The van der Waals surface area contributed by atoms with Crippen LogP contribution in [0.25, 0.3) is 0 Å². The quantitative estimate of drug-likeness (QED) is 0.803. The Kier molecular flexibility index (Phi) is 5.06. The van der Waals surface area contributed by atoms with Gasteiger partial charge in [-0.2, -0.15) is 9.37 Å². The zero-order chi connectivity index (χ0) is 15.4. The van der Waals surface area contributed by atoms with Gasteiger partial charge in [0, 0.05) is 22.8 Å². The summed E-state index contributed by atoms with van der Waals surface area (Å²) >= 11 is 3.09. The van der Waals surface area contributed by atoms with Gasteiger partial charge in [0.05, 0.1) is 0 Å². The highest BCUT2D eigenvalue weighted by atomic mass is 79.9. The lowest BCUT2D eigenvalue weighted by Crippen LogP contribution is -2.06. The Morgan fingerprint density at radius 1 is 1.24 bits per heavy atom. The first-order valence-corrected chi connectivity index (χ1v) is 7.21. The third-order valence-electron chi connectivity index (χ3n) is 2.54. The van der Waals surface area contributed by atoms with Gasteiger partial charge in [0.2, 0.25) is 17.6 Å². The second kappa shape index (κ2) is 6.80. The molecule has 0 saturated heterocycles. The van der Waals surface area contributed by atoms with Crippen LogP contribution in [0.5, 0.6) is 11.6 Å². The van der Waals surface area contributed by atoms with Crippen LogP contribution in [0.15, 0.2) is 22.7 Å². The molecule has 0 unspecified atom stereocenters. The molecule has 112 valence electrons. The van der Waals surface area contributed by atoms with E-state index in [9.17, 15) is 8.78 Å². The first kappa shape index (κ1) is 15.6. The lowest BCUT2D eigenvalue weighted by atomic mass is 10.3. The second-order valence-electron chi connectivity index (χ2n) is 4.40. The third-order valence-corrected chi connectivity index (χ3v) is 3.00. The van der Waals surface area contributed by atoms with Gasteiger partial charge >= 0.3 is 0 Å². The molecule has 7 heteroatoms. The zero-order valence-electron chi connectivity index (χ0n) is 11.6. The Morgan fingerprint density at radius 2 is 2.00 bits per heavy atom. The Bertz CT molecular complexity index is 652. The maximum Gasteiger partial charge on any atom is 0.226 e. The molecule has 0 radical (unpaired) electrons. The highest BCUT2D eigenvalue weighted by molar-refractivity contribution is 9.10. The number of hydrogen-bond acceptors (Lipinski definition) is 4. The summed E-state index contributed by atoms with van der Waals surface area (Å²) in [5, 5.41) is 3.02. The Labute approximate surface area is 129 Å². The number of ether oxygens (including phenoxy) is 1. The molecular formula is C14H14BrF2N3O. The predicted octanol–water partition coefficient (Wildman–Crippen LogP) is 4.44. The Morgan fingerprint density at radius 3 is 2.71 bits per heavy atom. The van der Waals surface area contributed by atoms with Crippen LogP contribution >= 0.6 is 15.9 Å². The highest BCUT2D eigenvalue weighted by Gasteiger charge is 2.13. The molecule has 2 aromatic rings. The van der Waals surface area contributed by atoms with Crippen molar-refractivity contribution in [3.05, 3.63) is 40.0 Å². The normalized spacial score (nSPS) is 10.5. The molecule has 0 amide bonds. The molecular weight excluding hydrogens is 344 g/mol. The number of nitrogens with one attached hydrogen (secondary N) is 1. The van der Waals surface area contributed by atoms with Gasteiger partial charge in [0.25, 0.3) is 0 Å². The van der Waals surface area contributed by atoms with Crippen LogP contribution in [0.3, 0.4) is 0 Å². The minimum Gasteiger partial charge on any atom is -0.436 e. The molecule has 21 heavy (non-hydrogen) atoms. The number of aromatic nitrogens is 2. The van der Waals surface area contributed by atoms with Crippen LogP contribution in [-0.4, -0.2) is 16.5 Å². The largest absolute Gasteiger partial charge is 0.436 e. The summed E-state index contributed by atoms with van der Waals surface area (Å²) in [6, 6.07) is 3.92. The topological polar surface area (TPSA) is 47.0 Å². The van der Waals surface area contributed by atoms with Gasteiger partial charge in [0.15, 0.2) is 11.6 Å². The van der Waals surface area contributed by atoms with E-state index in [1.165, 1.54) is 6.07 Å². The highest BCUT2D eigenvalue weighted by Crippen LogP contribution is 2.29. The van der Waals surface area contributed by atoms with Gasteiger partial charge in [-0.1, -0.05) is 22.9 Å². The molecule has 2 rings (SSSR count). The van der Waals surface area contributed by atoms with Crippen molar-refractivity contribution in [3.8, 4) is 11.6 Å². The minimum absolute atomic E-state index is 0.150. The molecule has 1 aromatic carbocycles. The van der Waals surface area contributed by atoms with Crippen molar-refractivity contribution >= 4 is 21.9 Å². The predicted molar refractivity (Wildman–Crippen MR) is 79.7 cm³/mol. The summed E-state index contributed by atoms with van der Waals surface area (Å²) < 4.78 is 32.7. The Hall–Kier alpha value is -1.76. The average Bonchev–Trinajstić information content (AvgIpc) is 2.41. The molecule has 0 saturated carbocycles. The fourth-order valence-electron chi connectivity index (χ4n) is 1.63. The van der Waals surface area contributed by atoms with Crippen molar-refractivity contribution < 1.29 is 13.5 Å². The summed E-state index contributed by atoms with van der Waals surface area (Å²) in [5.41, 5.74) is 0.662. The van der Waals surface area contributed by atoms with Gasteiger partial charge < -0.3 is 10.1 Å². The van der Waals surface area contributed by atoms with Gasteiger partial charge in [-0.15, -0.1) is 0 Å². The number of benzene rings is 1. The summed E-state index contributed by atoms with van der Waals surface area (Å²) in [6.07, 6.45) is 0.916. The SMILES string of the molecule is CCCNc1nc(C)cc(Oc2cc(Br)cc(F)c2F)n1. The van der Waals surface area contributed by atoms with Gasteiger partial charge in [-0.05, 0) is 25.5 Å². The van der Waals surface area contributed by atoms with E-state index >= 15 is 0 Å². The smallest absolute Gasteiger partial charge is 0.226 e. The summed E-state index contributed by atoms with van der Waals surface area (Å²) in [7, 11) is 0. The summed E-state index contributed by atoms with van der Waals surface area (Å²) in [5.74, 6) is -1.74. The van der Waals surface area contributed by atoms with Crippen LogP contribution < -0.4 is 10.1 Å². The number of halogens is 3. The first-order chi connectivity index (χ1) is 9.99. The fourth-order valence-corrected chi connectivity index (χ4v) is 2.04. The standard InChI is InChI=1S/C14H14BrF2N3O/c1-3-4-18-14-19-8(2)5-12(20-14)21-11-7-9(15)6-10(16)13(11)17/h5-7H,3-4H2,1-2H3,(H,18,19,20). The molecule has 1 aromatic heterocycles. The molecule has 0 spiro atoms. The van der Waals surface area contributed by atoms with Crippen LogP contribution in [0.1, 0.15) is 19.0 Å². The van der Waals surface area contributed by atoms with E-state index in [0.29, 0.717) is 22.7 Å². The molecule has 0 aliphatic carbocycles. The fraction of sp³-hybridized carbons (Fsp3) is 0.286. The van der Waals surface area contributed by atoms with Crippen LogP contribution in [0, 0.1) is 18.6 Å². The number of hydrogen-bond donors (Lipinski definition) is 1. The lowest BCUT2D eigenvalue weighted by Gasteiger charge is -2.10. The number of nitrogens with zero attached hydrogens (tertiary/aromatic N) is 2. The van der Waals surface area contributed by atoms with Gasteiger partial charge in [-0.3, -0.25) is 0 Å². The number of anilines is 1. The Balaban J connectivity index is 2.29. The van der Waals surface area contributed by atoms with E-state index in [0.717, 1.165) is 12.5 Å². The van der Waals surface area contributed by atoms with E-state index in [4.69, 9.17) is 4.74 Å². The zero-order valence-corrected chi connectivity index (χ0v) is 13.2. The maximum atomic E-state index is 13.7. The maximum absolute atomic E-state index is 13.7. The molecule has 0 aliphatic rings. The van der Waals surface area contributed by atoms with E-state index in [-0.39, 0.29) is 11.6 Å². The van der Waals surface area contributed by atoms with Crippen LogP contribution in [-0.2, 0) is 0 Å². The number of rotatable bonds is 5.